The Labute approximate surface area is 228 Å². The van der Waals surface area contributed by atoms with Crippen molar-refractivity contribution in [3.63, 3.8) is 0 Å². The number of halogens is 5. The summed E-state index contributed by atoms with van der Waals surface area (Å²) in [6.45, 7) is 5.61. The van der Waals surface area contributed by atoms with Crippen LogP contribution in [0.5, 0.6) is 0 Å². The van der Waals surface area contributed by atoms with E-state index >= 15 is 0 Å². The molecule has 0 radical (unpaired) electrons. The fraction of sp³-hybridized carbons (Fsp3) is 0.500. The van der Waals surface area contributed by atoms with Crippen LogP contribution < -0.4 is 5.32 Å². The van der Waals surface area contributed by atoms with Gasteiger partial charge in [0.05, 0.1) is 21.1 Å². The Morgan fingerprint density at radius 1 is 1.15 bits per heavy atom. The molecule has 0 bridgehead atoms. The Morgan fingerprint density at radius 2 is 1.92 bits per heavy atom. The number of Topliss-reactive ketones (excluding diaryl/α,β-unsaturated/α-hetero) is 1. The van der Waals surface area contributed by atoms with Gasteiger partial charge in [0.25, 0.3) is 0 Å². The van der Waals surface area contributed by atoms with Crippen molar-refractivity contribution in [3.8, 4) is 10.6 Å². The van der Waals surface area contributed by atoms with Crippen molar-refractivity contribution in [1.29, 1.82) is 0 Å². The van der Waals surface area contributed by atoms with Gasteiger partial charge in [-0.05, 0) is 69.2 Å². The second-order valence-corrected chi connectivity index (χ2v) is 11.6. The molecular formula is C28H31F5N4OS. The van der Waals surface area contributed by atoms with E-state index in [0.717, 1.165) is 18.0 Å². The van der Waals surface area contributed by atoms with Gasteiger partial charge in [-0.1, -0.05) is 13.0 Å². The molecule has 0 aromatic carbocycles. The van der Waals surface area contributed by atoms with Crippen molar-refractivity contribution in [2.24, 2.45) is 17.8 Å². The molecule has 0 spiro atoms. The minimum absolute atomic E-state index is 0.187. The van der Waals surface area contributed by atoms with Crippen molar-refractivity contribution in [2.75, 3.05) is 11.9 Å². The van der Waals surface area contributed by atoms with Crippen LogP contribution in [-0.2, 0) is 6.18 Å². The van der Waals surface area contributed by atoms with Gasteiger partial charge in [-0.25, -0.2) is 18.7 Å². The SMILES string of the molecule is Cc1cccc(-c2sc(C)nc2C(=O)C2CCCC(F)(F)C[C@@H](C)C(CNc3ccc(C(F)(F)F)cn3)C2)n1. The van der Waals surface area contributed by atoms with Crippen LogP contribution in [0.1, 0.15) is 65.8 Å². The summed E-state index contributed by atoms with van der Waals surface area (Å²) >= 11 is 1.38. The molecule has 1 aliphatic rings. The highest BCUT2D eigenvalue weighted by atomic mass is 32.1. The molecule has 39 heavy (non-hydrogen) atoms. The summed E-state index contributed by atoms with van der Waals surface area (Å²) < 4.78 is 68.1. The molecule has 0 aliphatic heterocycles. The molecule has 1 fully saturated rings. The van der Waals surface area contributed by atoms with Gasteiger partial charge >= 0.3 is 6.18 Å². The third-order valence-corrected chi connectivity index (χ3v) is 8.20. The smallest absolute Gasteiger partial charge is 0.370 e. The Morgan fingerprint density at radius 3 is 2.59 bits per heavy atom. The van der Waals surface area contributed by atoms with E-state index in [1.807, 2.05) is 32.0 Å². The lowest BCUT2D eigenvalue weighted by atomic mass is 9.80. The second-order valence-electron chi connectivity index (χ2n) is 10.4. The van der Waals surface area contributed by atoms with Crippen LogP contribution in [0.2, 0.25) is 0 Å². The number of hydrogen-bond donors (Lipinski definition) is 1. The molecule has 1 aliphatic carbocycles. The maximum atomic E-state index is 14.7. The zero-order chi connectivity index (χ0) is 28.4. The highest BCUT2D eigenvalue weighted by Gasteiger charge is 2.38. The molecule has 5 nitrogen and oxygen atoms in total. The van der Waals surface area contributed by atoms with E-state index in [2.05, 4.69) is 20.3 Å². The highest BCUT2D eigenvalue weighted by Crippen LogP contribution is 2.40. The lowest BCUT2D eigenvalue weighted by molar-refractivity contribution is -0.137. The maximum Gasteiger partial charge on any atom is 0.417 e. The lowest BCUT2D eigenvalue weighted by Gasteiger charge is -2.28. The molecule has 1 N–H and O–H groups in total. The molecule has 2 unspecified atom stereocenters. The number of nitrogens with one attached hydrogen (secondary N) is 1. The number of thiazole rings is 1. The normalized spacial score (nSPS) is 22.0. The molecule has 4 rings (SSSR count). The predicted molar refractivity (Wildman–Crippen MR) is 141 cm³/mol. The molecule has 11 heteroatoms. The van der Waals surface area contributed by atoms with Crippen LogP contribution in [0.3, 0.4) is 0 Å². The summed E-state index contributed by atoms with van der Waals surface area (Å²) in [5, 5.41) is 3.72. The minimum Gasteiger partial charge on any atom is -0.370 e. The van der Waals surface area contributed by atoms with Crippen LogP contribution in [-0.4, -0.2) is 33.2 Å². The number of carbonyl (C=O) groups is 1. The van der Waals surface area contributed by atoms with Crippen molar-refractivity contribution < 1.29 is 26.7 Å². The lowest BCUT2D eigenvalue weighted by Crippen LogP contribution is -2.29. The molecule has 0 amide bonds. The molecule has 0 saturated heterocycles. The largest absolute Gasteiger partial charge is 0.417 e. The Hall–Kier alpha value is -2.95. The fourth-order valence-electron chi connectivity index (χ4n) is 5.12. The topological polar surface area (TPSA) is 67.8 Å². The number of carbonyl (C=O) groups excluding carboxylic acids is 1. The van der Waals surface area contributed by atoms with Crippen LogP contribution in [0, 0.1) is 31.6 Å². The number of ketones is 1. The Balaban J connectivity index is 1.58. The number of alkyl halides is 5. The molecule has 210 valence electrons. The number of pyridine rings is 2. The second kappa shape index (κ2) is 11.7. The number of anilines is 1. The maximum absolute atomic E-state index is 14.7. The number of aromatic nitrogens is 3. The first-order chi connectivity index (χ1) is 18.3. The van der Waals surface area contributed by atoms with Gasteiger partial charge < -0.3 is 5.32 Å². The van der Waals surface area contributed by atoms with Crippen molar-refractivity contribution in [1.82, 2.24) is 15.0 Å². The van der Waals surface area contributed by atoms with Crippen LogP contribution in [0.25, 0.3) is 10.6 Å². The average Bonchev–Trinajstić information content (AvgIpc) is 3.27. The molecule has 3 aromatic rings. The van der Waals surface area contributed by atoms with E-state index in [0.29, 0.717) is 34.1 Å². The van der Waals surface area contributed by atoms with Crippen LogP contribution >= 0.6 is 11.3 Å². The summed E-state index contributed by atoms with van der Waals surface area (Å²) in [6.07, 6.45) is -3.54. The van der Waals surface area contributed by atoms with Gasteiger partial charge in [0.2, 0.25) is 5.92 Å². The van der Waals surface area contributed by atoms with E-state index in [1.165, 1.54) is 17.4 Å². The number of rotatable bonds is 6. The van der Waals surface area contributed by atoms with E-state index in [1.54, 1.807) is 6.92 Å². The van der Waals surface area contributed by atoms with Gasteiger partial charge in [0.15, 0.2) is 5.78 Å². The van der Waals surface area contributed by atoms with Gasteiger partial charge in [-0.3, -0.25) is 9.78 Å². The van der Waals surface area contributed by atoms with Gasteiger partial charge in [-0.2, -0.15) is 13.2 Å². The Kier molecular flexibility index (Phi) is 8.68. The van der Waals surface area contributed by atoms with Gasteiger partial charge in [0, 0.05) is 37.2 Å². The summed E-state index contributed by atoms with van der Waals surface area (Å²) in [5.41, 5.74) is 0.902. The average molecular weight is 567 g/mol. The minimum atomic E-state index is -4.50. The molecule has 1 saturated carbocycles. The summed E-state index contributed by atoms with van der Waals surface area (Å²) in [6, 6.07) is 7.70. The summed E-state index contributed by atoms with van der Waals surface area (Å²) in [4.78, 5) is 27.5. The molecule has 3 heterocycles. The van der Waals surface area contributed by atoms with Gasteiger partial charge in [-0.15, -0.1) is 11.3 Å². The van der Waals surface area contributed by atoms with E-state index < -0.39 is 29.5 Å². The monoisotopic (exact) mass is 566 g/mol. The third kappa shape index (κ3) is 7.38. The Bertz CT molecular complexity index is 1290. The third-order valence-electron chi connectivity index (χ3n) is 7.20. The van der Waals surface area contributed by atoms with E-state index in [9.17, 15) is 26.7 Å². The van der Waals surface area contributed by atoms with Crippen molar-refractivity contribution >= 4 is 22.9 Å². The molecule has 3 aromatic heterocycles. The summed E-state index contributed by atoms with van der Waals surface area (Å²) in [5.74, 6) is -4.15. The standard InChI is InChI=1S/C28H31F5N4OS/c1-16-13-27(29,30)11-5-7-19(12-20(16)14-34-23-10-9-21(15-35-23)28(31,32)33)25(38)24-26(39-18(3)37-24)22-8-4-6-17(2)36-22/h4,6,8-10,15-16,19-20H,5,7,11-14H2,1-3H3,(H,34,35)/t16-,19?,20?/m1/s1. The number of aryl methyl sites for hydroxylation is 2. The first kappa shape index (κ1) is 29.0. The first-order valence-corrected chi connectivity index (χ1v) is 13.7. The predicted octanol–water partition coefficient (Wildman–Crippen LogP) is 8.00. The first-order valence-electron chi connectivity index (χ1n) is 12.9. The van der Waals surface area contributed by atoms with Crippen LogP contribution in [0.15, 0.2) is 36.5 Å². The molecular weight excluding hydrogens is 535 g/mol. The summed E-state index contributed by atoms with van der Waals surface area (Å²) in [7, 11) is 0. The zero-order valence-corrected chi connectivity index (χ0v) is 22.8. The highest BCUT2D eigenvalue weighted by molar-refractivity contribution is 7.15. The fourth-order valence-corrected chi connectivity index (χ4v) is 6.01. The van der Waals surface area contributed by atoms with E-state index in [4.69, 9.17) is 0 Å². The molecule has 3 atom stereocenters. The quantitative estimate of drug-likeness (QED) is 0.242. The zero-order valence-electron chi connectivity index (χ0n) is 22.0. The van der Waals surface area contributed by atoms with Gasteiger partial charge in [0.1, 0.15) is 11.5 Å². The number of hydrogen-bond acceptors (Lipinski definition) is 6. The van der Waals surface area contributed by atoms with E-state index in [-0.39, 0.29) is 43.3 Å². The van der Waals surface area contributed by atoms with Crippen LogP contribution in [0.4, 0.5) is 27.8 Å². The van der Waals surface area contributed by atoms with Crippen molar-refractivity contribution in [2.45, 2.75) is 65.0 Å². The van der Waals surface area contributed by atoms with Crippen molar-refractivity contribution in [3.05, 3.63) is 58.5 Å². The number of nitrogens with zero attached hydrogens (tertiary/aromatic N) is 3.